The highest BCUT2D eigenvalue weighted by molar-refractivity contribution is 5.83. The standard InChI is InChI=1S/C13H11F3N4O/c1-3-20-6-8(5-17-20)10-4-9(13(14,15)16)11-7(2)19-21-12(11)18-10/h4-6H,3H2,1-2H3. The van der Waals surface area contributed by atoms with Crippen LogP contribution in [-0.2, 0) is 12.7 Å². The molecule has 0 amide bonds. The first-order valence-electron chi connectivity index (χ1n) is 6.27. The SMILES string of the molecule is CCn1cc(-c2cc(C(F)(F)F)c3c(C)noc3n2)cn1. The molecular weight excluding hydrogens is 285 g/mol. The van der Waals surface area contributed by atoms with E-state index in [1.807, 2.05) is 6.92 Å². The second-order valence-corrected chi connectivity index (χ2v) is 4.59. The highest BCUT2D eigenvalue weighted by Gasteiger charge is 2.35. The van der Waals surface area contributed by atoms with Gasteiger partial charge in [-0.25, -0.2) is 4.98 Å². The summed E-state index contributed by atoms with van der Waals surface area (Å²) in [5.41, 5.74) is -0.100. The molecule has 0 saturated carbocycles. The topological polar surface area (TPSA) is 56.7 Å². The molecule has 3 rings (SSSR count). The monoisotopic (exact) mass is 296 g/mol. The molecule has 0 unspecified atom stereocenters. The number of nitrogens with zero attached hydrogens (tertiary/aromatic N) is 4. The normalized spacial score (nSPS) is 12.2. The lowest BCUT2D eigenvalue weighted by atomic mass is 10.1. The molecule has 0 saturated heterocycles. The Morgan fingerprint density at radius 3 is 2.71 bits per heavy atom. The molecule has 0 aliphatic carbocycles. The molecule has 0 radical (unpaired) electrons. The molecule has 21 heavy (non-hydrogen) atoms. The minimum Gasteiger partial charge on any atom is -0.336 e. The number of aryl methyl sites for hydroxylation is 2. The molecule has 0 fully saturated rings. The summed E-state index contributed by atoms with van der Waals surface area (Å²) < 4.78 is 46.2. The molecule has 0 N–H and O–H groups in total. The van der Waals surface area contributed by atoms with Crippen LogP contribution in [0, 0.1) is 6.92 Å². The third-order valence-corrected chi connectivity index (χ3v) is 3.18. The first-order chi connectivity index (χ1) is 9.90. The number of fused-ring (bicyclic) bond motifs is 1. The largest absolute Gasteiger partial charge is 0.417 e. The highest BCUT2D eigenvalue weighted by atomic mass is 19.4. The van der Waals surface area contributed by atoms with Crippen LogP contribution in [-0.4, -0.2) is 19.9 Å². The van der Waals surface area contributed by atoms with Crippen LogP contribution in [0.3, 0.4) is 0 Å². The Balaban J connectivity index is 2.26. The van der Waals surface area contributed by atoms with Crippen molar-refractivity contribution in [2.75, 3.05) is 0 Å². The fourth-order valence-corrected chi connectivity index (χ4v) is 2.13. The Hall–Kier alpha value is -2.38. The van der Waals surface area contributed by atoms with Crippen LogP contribution in [0.15, 0.2) is 23.0 Å². The van der Waals surface area contributed by atoms with Gasteiger partial charge in [-0.3, -0.25) is 4.68 Å². The molecule has 0 atom stereocenters. The Bertz CT molecular complexity index is 803. The molecular formula is C13H11F3N4O. The number of halogens is 3. The zero-order valence-electron chi connectivity index (χ0n) is 11.3. The maximum atomic E-state index is 13.2. The van der Waals surface area contributed by atoms with Crippen LogP contribution >= 0.6 is 0 Å². The summed E-state index contributed by atoms with van der Waals surface area (Å²) in [6, 6.07) is 1.00. The van der Waals surface area contributed by atoms with Gasteiger partial charge in [-0.05, 0) is 19.9 Å². The number of hydrogen-bond acceptors (Lipinski definition) is 4. The molecule has 0 aromatic carbocycles. The first-order valence-corrected chi connectivity index (χ1v) is 6.27. The number of alkyl halides is 3. The number of rotatable bonds is 2. The lowest BCUT2D eigenvalue weighted by Crippen LogP contribution is -2.07. The maximum absolute atomic E-state index is 13.2. The van der Waals surface area contributed by atoms with Crippen molar-refractivity contribution >= 4 is 11.1 Å². The quantitative estimate of drug-likeness (QED) is 0.727. The van der Waals surface area contributed by atoms with E-state index < -0.39 is 11.7 Å². The molecule has 0 spiro atoms. The first kappa shape index (κ1) is 13.6. The minimum absolute atomic E-state index is 0.103. The van der Waals surface area contributed by atoms with Crippen LogP contribution in [0.25, 0.3) is 22.4 Å². The van der Waals surface area contributed by atoms with Gasteiger partial charge in [-0.15, -0.1) is 0 Å². The molecule has 8 heteroatoms. The van der Waals surface area contributed by atoms with Crippen molar-refractivity contribution in [3.8, 4) is 11.3 Å². The Morgan fingerprint density at radius 1 is 1.33 bits per heavy atom. The van der Waals surface area contributed by atoms with Crippen molar-refractivity contribution in [3.63, 3.8) is 0 Å². The van der Waals surface area contributed by atoms with Crippen LogP contribution in [0.2, 0.25) is 0 Å². The molecule has 0 aliphatic rings. The van der Waals surface area contributed by atoms with Gasteiger partial charge >= 0.3 is 6.18 Å². The van der Waals surface area contributed by atoms with Crippen LogP contribution in [0.1, 0.15) is 18.2 Å². The molecule has 0 aliphatic heterocycles. The maximum Gasteiger partial charge on any atom is 0.417 e. The number of pyridine rings is 1. The third kappa shape index (κ3) is 2.26. The molecule has 3 aromatic rings. The van der Waals surface area contributed by atoms with Crippen LogP contribution in [0.4, 0.5) is 13.2 Å². The fraction of sp³-hybridized carbons (Fsp3) is 0.308. The average molecular weight is 296 g/mol. The summed E-state index contributed by atoms with van der Waals surface area (Å²) in [6.07, 6.45) is -1.40. The van der Waals surface area contributed by atoms with Crippen molar-refractivity contribution in [1.29, 1.82) is 0 Å². The van der Waals surface area contributed by atoms with Gasteiger partial charge in [0.05, 0.1) is 28.5 Å². The molecule has 0 bridgehead atoms. The molecule has 3 heterocycles. The smallest absolute Gasteiger partial charge is 0.336 e. The Kier molecular flexibility index (Phi) is 2.96. The van der Waals surface area contributed by atoms with E-state index in [-0.39, 0.29) is 22.5 Å². The van der Waals surface area contributed by atoms with Crippen molar-refractivity contribution < 1.29 is 17.7 Å². The lowest BCUT2D eigenvalue weighted by molar-refractivity contribution is -0.136. The summed E-state index contributed by atoms with van der Waals surface area (Å²) in [5.74, 6) is 0. The van der Waals surface area contributed by atoms with Gasteiger partial charge in [0.25, 0.3) is 5.71 Å². The van der Waals surface area contributed by atoms with E-state index in [2.05, 4.69) is 15.2 Å². The van der Waals surface area contributed by atoms with Crippen molar-refractivity contribution in [1.82, 2.24) is 19.9 Å². The molecule has 5 nitrogen and oxygen atoms in total. The molecule has 110 valence electrons. The highest BCUT2D eigenvalue weighted by Crippen LogP contribution is 2.37. The Morgan fingerprint density at radius 2 is 2.10 bits per heavy atom. The van der Waals surface area contributed by atoms with E-state index in [1.54, 1.807) is 10.9 Å². The van der Waals surface area contributed by atoms with E-state index in [0.29, 0.717) is 12.1 Å². The molecule has 3 aromatic heterocycles. The van der Waals surface area contributed by atoms with Gasteiger partial charge in [-0.1, -0.05) is 5.16 Å². The van der Waals surface area contributed by atoms with E-state index in [9.17, 15) is 13.2 Å². The van der Waals surface area contributed by atoms with Gasteiger partial charge in [0.2, 0.25) is 0 Å². The summed E-state index contributed by atoms with van der Waals surface area (Å²) in [5, 5.41) is 7.50. The average Bonchev–Trinajstić information content (AvgIpc) is 3.04. The summed E-state index contributed by atoms with van der Waals surface area (Å²) in [7, 11) is 0. The lowest BCUT2D eigenvalue weighted by Gasteiger charge is -2.09. The van der Waals surface area contributed by atoms with E-state index in [4.69, 9.17) is 4.52 Å². The summed E-state index contributed by atoms with van der Waals surface area (Å²) in [6.45, 7) is 3.96. The van der Waals surface area contributed by atoms with E-state index in [1.165, 1.54) is 13.1 Å². The van der Waals surface area contributed by atoms with Gasteiger partial charge in [0.15, 0.2) is 0 Å². The third-order valence-electron chi connectivity index (χ3n) is 3.18. The van der Waals surface area contributed by atoms with Gasteiger partial charge in [0.1, 0.15) is 0 Å². The second kappa shape index (κ2) is 4.57. The zero-order valence-corrected chi connectivity index (χ0v) is 11.3. The predicted molar refractivity (Wildman–Crippen MR) is 68.4 cm³/mol. The number of hydrogen-bond donors (Lipinski definition) is 0. The zero-order chi connectivity index (χ0) is 15.2. The van der Waals surface area contributed by atoms with Gasteiger partial charge in [-0.2, -0.15) is 18.3 Å². The summed E-state index contributed by atoms with van der Waals surface area (Å²) >= 11 is 0. The van der Waals surface area contributed by atoms with Crippen LogP contribution < -0.4 is 0 Å². The number of aromatic nitrogens is 4. The Labute approximate surface area is 117 Å². The van der Waals surface area contributed by atoms with Gasteiger partial charge in [0, 0.05) is 18.3 Å². The summed E-state index contributed by atoms with van der Waals surface area (Å²) in [4.78, 5) is 4.11. The van der Waals surface area contributed by atoms with Crippen molar-refractivity contribution in [3.05, 3.63) is 29.7 Å². The van der Waals surface area contributed by atoms with E-state index in [0.717, 1.165) is 6.07 Å². The predicted octanol–water partition coefficient (Wildman–Crippen LogP) is 3.43. The van der Waals surface area contributed by atoms with Crippen LogP contribution in [0.5, 0.6) is 0 Å². The van der Waals surface area contributed by atoms with E-state index >= 15 is 0 Å². The van der Waals surface area contributed by atoms with Crippen molar-refractivity contribution in [2.45, 2.75) is 26.6 Å². The fourth-order valence-electron chi connectivity index (χ4n) is 2.13. The minimum atomic E-state index is -4.51. The second-order valence-electron chi connectivity index (χ2n) is 4.59. The van der Waals surface area contributed by atoms with Gasteiger partial charge < -0.3 is 4.52 Å². The van der Waals surface area contributed by atoms with Crippen molar-refractivity contribution in [2.24, 2.45) is 0 Å².